The summed E-state index contributed by atoms with van der Waals surface area (Å²) in [4.78, 5) is 0.573. The molecule has 0 unspecified atom stereocenters. The van der Waals surface area contributed by atoms with Gasteiger partial charge in [0.1, 0.15) is 0 Å². The van der Waals surface area contributed by atoms with Crippen molar-refractivity contribution in [3.05, 3.63) is 34.9 Å². The van der Waals surface area contributed by atoms with Crippen LogP contribution in [0, 0.1) is 6.92 Å². The van der Waals surface area contributed by atoms with Crippen molar-refractivity contribution in [1.82, 2.24) is 0 Å². The number of aryl methyl sites for hydroxylation is 2. The molecule has 1 rings (SSSR count). The molecule has 0 amide bonds. The van der Waals surface area contributed by atoms with Gasteiger partial charge in [0.25, 0.3) is 0 Å². The second-order valence-corrected chi connectivity index (χ2v) is 3.73. The first kappa shape index (κ1) is 10.2. The van der Waals surface area contributed by atoms with Gasteiger partial charge in [0.2, 0.25) is 0 Å². The quantitative estimate of drug-likeness (QED) is 0.746. The van der Waals surface area contributed by atoms with Crippen LogP contribution in [0.3, 0.4) is 0 Å². The van der Waals surface area contributed by atoms with Crippen molar-refractivity contribution in [2.24, 2.45) is 5.73 Å². The first-order chi connectivity index (χ1) is 6.15. The average molecular weight is 193 g/mol. The van der Waals surface area contributed by atoms with Gasteiger partial charge in [-0.2, -0.15) is 0 Å². The molecule has 0 atom stereocenters. The lowest BCUT2D eigenvalue weighted by Crippen LogP contribution is -2.13. The molecule has 1 nitrogen and oxygen atoms in total. The van der Waals surface area contributed by atoms with Gasteiger partial charge in [-0.15, -0.1) is 0 Å². The summed E-state index contributed by atoms with van der Waals surface area (Å²) in [6.07, 6.45) is 1.77. The molecule has 1 aromatic carbocycles. The van der Waals surface area contributed by atoms with Crippen molar-refractivity contribution >= 4 is 17.2 Å². The van der Waals surface area contributed by atoms with E-state index in [1.165, 1.54) is 16.7 Å². The van der Waals surface area contributed by atoms with Crippen molar-refractivity contribution < 1.29 is 0 Å². The molecule has 0 aliphatic heterocycles. The zero-order valence-corrected chi connectivity index (χ0v) is 8.95. The largest absolute Gasteiger partial charge is 0.393 e. The number of nitrogens with two attached hydrogens (primary N) is 1. The first-order valence-corrected chi connectivity index (χ1v) is 4.91. The van der Waals surface area contributed by atoms with Gasteiger partial charge in [-0.25, -0.2) is 0 Å². The van der Waals surface area contributed by atoms with E-state index in [-0.39, 0.29) is 0 Å². The number of hydrogen-bond donors (Lipinski definition) is 1. The highest BCUT2D eigenvalue weighted by atomic mass is 32.1. The summed E-state index contributed by atoms with van der Waals surface area (Å²) in [6, 6.07) is 6.32. The predicted molar refractivity (Wildman–Crippen MR) is 61.0 cm³/mol. The molecular weight excluding hydrogens is 178 g/mol. The highest BCUT2D eigenvalue weighted by Crippen LogP contribution is 2.15. The summed E-state index contributed by atoms with van der Waals surface area (Å²) in [5, 5.41) is 0. The van der Waals surface area contributed by atoms with E-state index in [1.807, 2.05) is 0 Å². The van der Waals surface area contributed by atoms with E-state index in [0.29, 0.717) is 4.99 Å². The summed E-state index contributed by atoms with van der Waals surface area (Å²) in [5.41, 5.74) is 9.49. The molecule has 0 heterocycles. The van der Waals surface area contributed by atoms with E-state index in [4.69, 9.17) is 18.0 Å². The molecule has 13 heavy (non-hydrogen) atoms. The number of hydrogen-bond acceptors (Lipinski definition) is 1. The average Bonchev–Trinajstić information content (AvgIpc) is 2.08. The third-order valence-corrected chi connectivity index (χ3v) is 2.38. The van der Waals surface area contributed by atoms with E-state index in [2.05, 4.69) is 32.0 Å². The summed E-state index contributed by atoms with van der Waals surface area (Å²) in [7, 11) is 0. The maximum Gasteiger partial charge on any atom is 0.0771 e. The predicted octanol–water partition coefficient (Wildman–Crippen LogP) is 2.39. The van der Waals surface area contributed by atoms with E-state index in [9.17, 15) is 0 Å². The van der Waals surface area contributed by atoms with Crippen molar-refractivity contribution in [3.63, 3.8) is 0 Å². The fourth-order valence-corrected chi connectivity index (χ4v) is 1.67. The Balaban J connectivity index is 3.07. The van der Waals surface area contributed by atoms with Gasteiger partial charge in [0.15, 0.2) is 0 Å². The standard InChI is InChI=1S/C11H15NS/c1-3-9-6-4-5-8(2)10(9)7-11(12)13/h4-6H,3,7H2,1-2H3,(H2,12,13). The summed E-state index contributed by atoms with van der Waals surface area (Å²) in [5.74, 6) is 0. The molecule has 0 aliphatic rings. The van der Waals surface area contributed by atoms with Crippen LogP contribution < -0.4 is 5.73 Å². The Morgan fingerprint density at radius 3 is 2.69 bits per heavy atom. The van der Waals surface area contributed by atoms with Crippen LogP contribution in [0.2, 0.25) is 0 Å². The minimum atomic E-state index is 0.573. The molecule has 0 saturated heterocycles. The summed E-state index contributed by atoms with van der Waals surface area (Å²) < 4.78 is 0. The summed E-state index contributed by atoms with van der Waals surface area (Å²) in [6.45, 7) is 4.25. The van der Waals surface area contributed by atoms with Crippen LogP contribution in [-0.2, 0) is 12.8 Å². The van der Waals surface area contributed by atoms with Gasteiger partial charge >= 0.3 is 0 Å². The van der Waals surface area contributed by atoms with E-state index >= 15 is 0 Å². The molecule has 0 radical (unpaired) electrons. The Morgan fingerprint density at radius 2 is 2.15 bits per heavy atom. The molecule has 0 aliphatic carbocycles. The van der Waals surface area contributed by atoms with E-state index < -0.39 is 0 Å². The molecular formula is C11H15NS. The summed E-state index contributed by atoms with van der Waals surface area (Å²) >= 11 is 4.92. The maximum atomic E-state index is 5.55. The molecule has 1 aromatic rings. The Hall–Kier alpha value is -0.890. The fourth-order valence-electron chi connectivity index (χ4n) is 1.52. The molecule has 70 valence electrons. The smallest absolute Gasteiger partial charge is 0.0771 e. The molecule has 0 bridgehead atoms. The number of thiocarbonyl (C=S) groups is 1. The molecule has 0 aromatic heterocycles. The molecule has 2 N–H and O–H groups in total. The SMILES string of the molecule is CCc1cccc(C)c1CC(N)=S. The zero-order valence-electron chi connectivity index (χ0n) is 8.13. The van der Waals surface area contributed by atoms with Gasteiger partial charge in [-0.3, -0.25) is 0 Å². The van der Waals surface area contributed by atoms with Gasteiger partial charge < -0.3 is 5.73 Å². The Bertz CT molecular complexity index is 318. The monoisotopic (exact) mass is 193 g/mol. The number of benzene rings is 1. The molecule has 0 saturated carbocycles. The lowest BCUT2D eigenvalue weighted by atomic mass is 9.97. The van der Waals surface area contributed by atoms with Crippen molar-refractivity contribution in [3.8, 4) is 0 Å². The second-order valence-electron chi connectivity index (χ2n) is 3.21. The van der Waals surface area contributed by atoms with Gasteiger partial charge in [0.05, 0.1) is 4.99 Å². The first-order valence-electron chi connectivity index (χ1n) is 4.50. The number of rotatable bonds is 3. The lowest BCUT2D eigenvalue weighted by Gasteiger charge is -2.09. The second kappa shape index (κ2) is 4.38. The van der Waals surface area contributed by atoms with Gasteiger partial charge in [-0.1, -0.05) is 37.3 Å². The van der Waals surface area contributed by atoms with Gasteiger partial charge in [0, 0.05) is 6.42 Å². The van der Waals surface area contributed by atoms with Crippen molar-refractivity contribution in [1.29, 1.82) is 0 Å². The Morgan fingerprint density at radius 1 is 1.46 bits per heavy atom. The fraction of sp³-hybridized carbons (Fsp3) is 0.364. The molecule has 0 fully saturated rings. The minimum absolute atomic E-state index is 0.573. The third-order valence-electron chi connectivity index (χ3n) is 2.24. The minimum Gasteiger partial charge on any atom is -0.393 e. The highest BCUT2D eigenvalue weighted by Gasteiger charge is 2.04. The molecule has 2 heteroatoms. The van der Waals surface area contributed by atoms with Gasteiger partial charge in [-0.05, 0) is 30.0 Å². The van der Waals surface area contributed by atoms with Crippen LogP contribution in [-0.4, -0.2) is 4.99 Å². The van der Waals surface area contributed by atoms with E-state index in [0.717, 1.165) is 12.8 Å². The highest BCUT2D eigenvalue weighted by molar-refractivity contribution is 7.80. The van der Waals surface area contributed by atoms with Crippen LogP contribution >= 0.6 is 12.2 Å². The lowest BCUT2D eigenvalue weighted by molar-refractivity contribution is 1.07. The van der Waals surface area contributed by atoms with Crippen molar-refractivity contribution in [2.75, 3.05) is 0 Å². The van der Waals surface area contributed by atoms with Crippen LogP contribution in [0.5, 0.6) is 0 Å². The van der Waals surface area contributed by atoms with Crippen LogP contribution in [0.4, 0.5) is 0 Å². The maximum absolute atomic E-state index is 5.55. The zero-order chi connectivity index (χ0) is 9.84. The topological polar surface area (TPSA) is 26.0 Å². The van der Waals surface area contributed by atoms with Crippen LogP contribution in [0.25, 0.3) is 0 Å². The van der Waals surface area contributed by atoms with E-state index in [1.54, 1.807) is 0 Å². The normalized spacial score (nSPS) is 10.0. The van der Waals surface area contributed by atoms with Crippen LogP contribution in [0.15, 0.2) is 18.2 Å². The Kier molecular flexibility index (Phi) is 3.43. The van der Waals surface area contributed by atoms with Crippen LogP contribution in [0.1, 0.15) is 23.6 Å². The van der Waals surface area contributed by atoms with Crippen molar-refractivity contribution in [2.45, 2.75) is 26.7 Å². The molecule has 0 spiro atoms. The third kappa shape index (κ3) is 2.52. The Labute approximate surface area is 85.0 Å².